The number of likely N-dealkylation sites (tertiary alicyclic amines) is 1. The maximum absolute atomic E-state index is 12.3. The highest BCUT2D eigenvalue weighted by Gasteiger charge is 2.25. The fourth-order valence-electron chi connectivity index (χ4n) is 2.55. The van der Waals surface area contributed by atoms with Crippen LogP contribution in [-0.2, 0) is 0 Å². The molecule has 1 aliphatic rings. The van der Waals surface area contributed by atoms with Crippen LogP contribution in [0.1, 0.15) is 33.8 Å². The Morgan fingerprint density at radius 2 is 1.83 bits per heavy atom. The molecule has 2 aromatic heterocycles. The van der Waals surface area contributed by atoms with Gasteiger partial charge in [0.15, 0.2) is 0 Å². The number of piperidine rings is 1. The van der Waals surface area contributed by atoms with Crippen LogP contribution in [0.25, 0.3) is 0 Å². The van der Waals surface area contributed by atoms with Crippen molar-refractivity contribution < 1.29 is 9.59 Å². The molecule has 3 heterocycles. The van der Waals surface area contributed by atoms with E-state index in [9.17, 15) is 9.59 Å². The molecule has 3 rings (SSSR count). The molecule has 0 unspecified atom stereocenters. The quantitative estimate of drug-likeness (QED) is 0.910. The van der Waals surface area contributed by atoms with Gasteiger partial charge in [-0.05, 0) is 25.0 Å². The highest BCUT2D eigenvalue weighted by Crippen LogP contribution is 2.13. The summed E-state index contributed by atoms with van der Waals surface area (Å²) in [5.74, 6) is -0.295. The van der Waals surface area contributed by atoms with Gasteiger partial charge in [0.05, 0.1) is 6.20 Å². The van der Waals surface area contributed by atoms with Crippen molar-refractivity contribution in [3.63, 3.8) is 0 Å². The maximum atomic E-state index is 12.3. The van der Waals surface area contributed by atoms with Crippen LogP contribution >= 0.6 is 0 Å². The number of hydrogen-bond donors (Lipinski definition) is 1. The lowest BCUT2D eigenvalue weighted by atomic mass is 10.0. The number of aromatic nitrogens is 3. The molecule has 0 atom stereocenters. The van der Waals surface area contributed by atoms with Crippen molar-refractivity contribution in [2.75, 3.05) is 13.1 Å². The van der Waals surface area contributed by atoms with Gasteiger partial charge < -0.3 is 10.2 Å². The molecule has 118 valence electrons. The summed E-state index contributed by atoms with van der Waals surface area (Å²) in [4.78, 5) is 38.1. The molecule has 0 aromatic carbocycles. The van der Waals surface area contributed by atoms with Crippen LogP contribution in [-0.4, -0.2) is 50.8 Å². The van der Waals surface area contributed by atoms with Gasteiger partial charge in [0.1, 0.15) is 11.4 Å². The molecule has 2 amide bonds. The van der Waals surface area contributed by atoms with Crippen molar-refractivity contribution >= 4 is 11.8 Å². The summed E-state index contributed by atoms with van der Waals surface area (Å²) in [5.41, 5.74) is 0.758. The molecule has 7 nitrogen and oxygen atoms in total. The van der Waals surface area contributed by atoms with Gasteiger partial charge in [0, 0.05) is 37.7 Å². The van der Waals surface area contributed by atoms with Gasteiger partial charge in [-0.2, -0.15) is 0 Å². The number of rotatable bonds is 3. The smallest absolute Gasteiger partial charge is 0.272 e. The average Bonchev–Trinajstić information content (AvgIpc) is 2.63. The lowest BCUT2D eigenvalue weighted by Gasteiger charge is -2.32. The number of nitrogens with one attached hydrogen (secondary N) is 1. The van der Waals surface area contributed by atoms with E-state index in [-0.39, 0.29) is 17.9 Å². The Balaban J connectivity index is 1.53. The first-order valence-electron chi connectivity index (χ1n) is 7.51. The fourth-order valence-corrected chi connectivity index (χ4v) is 2.55. The molecule has 0 spiro atoms. The molecular weight excluding hydrogens is 294 g/mol. The Morgan fingerprint density at radius 3 is 2.48 bits per heavy atom. The second-order valence-electron chi connectivity index (χ2n) is 5.35. The third-order valence-electron chi connectivity index (χ3n) is 3.80. The lowest BCUT2D eigenvalue weighted by Crippen LogP contribution is -2.46. The first-order chi connectivity index (χ1) is 11.2. The second-order valence-corrected chi connectivity index (χ2v) is 5.35. The van der Waals surface area contributed by atoms with Crippen molar-refractivity contribution in [3.8, 4) is 0 Å². The molecule has 1 aliphatic heterocycles. The Kier molecular flexibility index (Phi) is 4.56. The molecule has 0 radical (unpaired) electrons. The molecule has 1 saturated heterocycles. The zero-order chi connectivity index (χ0) is 16.1. The lowest BCUT2D eigenvalue weighted by molar-refractivity contribution is 0.0692. The molecule has 1 N–H and O–H groups in total. The van der Waals surface area contributed by atoms with Crippen LogP contribution in [0.15, 0.2) is 43.0 Å². The maximum Gasteiger partial charge on any atom is 0.272 e. The molecule has 2 aromatic rings. The summed E-state index contributed by atoms with van der Waals surface area (Å²) in [6, 6.07) is 5.33. The largest absolute Gasteiger partial charge is 0.348 e. The zero-order valence-corrected chi connectivity index (χ0v) is 12.6. The molecule has 23 heavy (non-hydrogen) atoms. The van der Waals surface area contributed by atoms with E-state index < -0.39 is 0 Å². The summed E-state index contributed by atoms with van der Waals surface area (Å²) >= 11 is 0. The van der Waals surface area contributed by atoms with Crippen LogP contribution in [0.3, 0.4) is 0 Å². The minimum Gasteiger partial charge on any atom is -0.348 e. The molecule has 0 bridgehead atoms. The van der Waals surface area contributed by atoms with E-state index in [1.807, 2.05) is 0 Å². The fraction of sp³-hybridized carbons (Fsp3) is 0.312. The van der Waals surface area contributed by atoms with E-state index >= 15 is 0 Å². The van der Waals surface area contributed by atoms with E-state index in [4.69, 9.17) is 0 Å². The number of carbonyl (C=O) groups excluding carboxylic acids is 2. The van der Waals surface area contributed by atoms with E-state index in [1.165, 1.54) is 18.6 Å². The van der Waals surface area contributed by atoms with Crippen LogP contribution < -0.4 is 5.32 Å². The summed E-state index contributed by atoms with van der Waals surface area (Å²) in [7, 11) is 0. The van der Waals surface area contributed by atoms with E-state index in [0.29, 0.717) is 37.3 Å². The van der Waals surface area contributed by atoms with E-state index in [1.54, 1.807) is 29.3 Å². The van der Waals surface area contributed by atoms with Crippen molar-refractivity contribution in [2.24, 2.45) is 0 Å². The normalized spacial score (nSPS) is 15.2. The summed E-state index contributed by atoms with van der Waals surface area (Å²) in [5, 5.41) is 2.94. The van der Waals surface area contributed by atoms with Crippen LogP contribution in [0.5, 0.6) is 0 Å². The third-order valence-corrected chi connectivity index (χ3v) is 3.80. The molecule has 0 saturated carbocycles. The van der Waals surface area contributed by atoms with Gasteiger partial charge >= 0.3 is 0 Å². The standard InChI is InChI=1S/C16H17N5O2/c22-15(14-11-17-7-8-19-14)20-12-4-9-21(10-5-12)16(23)13-3-1-2-6-18-13/h1-3,6-8,11-12H,4-5,9-10H2,(H,20,22). The van der Waals surface area contributed by atoms with Gasteiger partial charge in [0.25, 0.3) is 11.8 Å². The Bertz CT molecular complexity index is 669. The predicted octanol–water partition coefficient (Wildman–Crippen LogP) is 0.906. The minimum atomic E-state index is -0.229. The number of carbonyl (C=O) groups is 2. The first kappa shape index (κ1) is 15.1. The van der Waals surface area contributed by atoms with E-state index in [2.05, 4.69) is 20.3 Å². The number of pyridine rings is 1. The SMILES string of the molecule is O=C(NC1CCN(C(=O)c2ccccn2)CC1)c1cnccn1. The molecule has 1 fully saturated rings. The summed E-state index contributed by atoms with van der Waals surface area (Å²) < 4.78 is 0. The number of amides is 2. The Morgan fingerprint density at radius 1 is 1.04 bits per heavy atom. The molecular formula is C16H17N5O2. The highest BCUT2D eigenvalue weighted by molar-refractivity contribution is 5.93. The molecule has 7 heteroatoms. The Labute approximate surface area is 133 Å². The van der Waals surface area contributed by atoms with E-state index in [0.717, 1.165) is 0 Å². The van der Waals surface area contributed by atoms with Crippen molar-refractivity contribution in [2.45, 2.75) is 18.9 Å². The highest BCUT2D eigenvalue weighted by atomic mass is 16.2. The zero-order valence-electron chi connectivity index (χ0n) is 12.6. The van der Waals surface area contributed by atoms with Crippen LogP contribution in [0.2, 0.25) is 0 Å². The minimum absolute atomic E-state index is 0.0392. The van der Waals surface area contributed by atoms with Crippen molar-refractivity contribution in [3.05, 3.63) is 54.4 Å². The van der Waals surface area contributed by atoms with Gasteiger partial charge in [-0.1, -0.05) is 6.07 Å². The van der Waals surface area contributed by atoms with Gasteiger partial charge in [-0.15, -0.1) is 0 Å². The monoisotopic (exact) mass is 311 g/mol. The van der Waals surface area contributed by atoms with Crippen LogP contribution in [0.4, 0.5) is 0 Å². The number of nitrogens with zero attached hydrogens (tertiary/aromatic N) is 4. The van der Waals surface area contributed by atoms with Gasteiger partial charge in [-0.3, -0.25) is 19.6 Å². The third kappa shape index (κ3) is 3.68. The number of hydrogen-bond acceptors (Lipinski definition) is 5. The van der Waals surface area contributed by atoms with Gasteiger partial charge in [0.2, 0.25) is 0 Å². The summed E-state index contributed by atoms with van der Waals surface area (Å²) in [6.07, 6.45) is 7.49. The second kappa shape index (κ2) is 6.95. The molecule has 0 aliphatic carbocycles. The summed E-state index contributed by atoms with van der Waals surface area (Å²) in [6.45, 7) is 1.20. The average molecular weight is 311 g/mol. The predicted molar refractivity (Wildman–Crippen MR) is 82.7 cm³/mol. The van der Waals surface area contributed by atoms with Crippen molar-refractivity contribution in [1.29, 1.82) is 0 Å². The van der Waals surface area contributed by atoms with Crippen LogP contribution in [0, 0.1) is 0 Å². The first-order valence-corrected chi connectivity index (χ1v) is 7.51. The topological polar surface area (TPSA) is 88.1 Å². The Hall–Kier alpha value is -2.83. The van der Waals surface area contributed by atoms with Crippen molar-refractivity contribution in [1.82, 2.24) is 25.2 Å². The van der Waals surface area contributed by atoms with Gasteiger partial charge in [-0.25, -0.2) is 4.98 Å².